The van der Waals surface area contributed by atoms with E-state index in [4.69, 9.17) is 5.73 Å². The molecule has 1 saturated heterocycles. The Bertz CT molecular complexity index is 629. The Hall–Kier alpha value is -1.63. The summed E-state index contributed by atoms with van der Waals surface area (Å²) in [6.45, 7) is 8.10. The number of anilines is 1. The molecule has 1 aliphatic rings. The number of fused-ring (bicyclic) bond motifs is 1. The fourth-order valence-corrected chi connectivity index (χ4v) is 3.47. The molecule has 0 aliphatic carbocycles. The number of nitrogens with two attached hydrogens (primary N) is 1. The SMILES string of the molecule is CC(C)(C)c1cn2nc(N3CCC(C(N)=O)CC3)sc2n1. The van der Waals surface area contributed by atoms with Crippen LogP contribution < -0.4 is 10.6 Å². The third kappa shape index (κ3) is 2.74. The lowest BCUT2D eigenvalue weighted by atomic mass is 9.93. The van der Waals surface area contributed by atoms with Crippen molar-refractivity contribution in [2.45, 2.75) is 39.0 Å². The number of hydrogen-bond donors (Lipinski definition) is 1. The lowest BCUT2D eigenvalue weighted by Gasteiger charge is -2.29. The van der Waals surface area contributed by atoms with Gasteiger partial charge in [-0.1, -0.05) is 32.1 Å². The molecule has 2 N–H and O–H groups in total. The highest BCUT2D eigenvalue weighted by Crippen LogP contribution is 2.29. The molecule has 1 aliphatic heterocycles. The predicted octanol–water partition coefficient (Wildman–Crippen LogP) is 1.79. The minimum atomic E-state index is -0.182. The Morgan fingerprint density at radius 3 is 2.57 bits per heavy atom. The second-order valence-corrected chi connectivity index (χ2v) is 7.59. The lowest BCUT2D eigenvalue weighted by Crippen LogP contribution is -2.38. The van der Waals surface area contributed by atoms with Crippen molar-refractivity contribution < 1.29 is 4.79 Å². The number of aromatic nitrogens is 3. The minimum Gasteiger partial charge on any atom is -0.369 e. The van der Waals surface area contributed by atoms with Crippen molar-refractivity contribution in [3.8, 4) is 0 Å². The molecule has 0 unspecified atom stereocenters. The first-order chi connectivity index (χ1) is 9.84. The normalized spacial score (nSPS) is 17.6. The van der Waals surface area contributed by atoms with Crippen molar-refractivity contribution >= 4 is 27.3 Å². The first-order valence-corrected chi connectivity index (χ1v) is 8.07. The number of rotatable bonds is 2. The van der Waals surface area contributed by atoms with Crippen LogP contribution in [0.15, 0.2) is 6.20 Å². The number of primary amides is 1. The van der Waals surface area contributed by atoms with Crippen molar-refractivity contribution in [2.24, 2.45) is 11.7 Å². The van der Waals surface area contributed by atoms with E-state index in [0.29, 0.717) is 0 Å². The summed E-state index contributed by atoms with van der Waals surface area (Å²) >= 11 is 1.60. The summed E-state index contributed by atoms with van der Waals surface area (Å²) in [6.07, 6.45) is 3.63. The van der Waals surface area contributed by atoms with Gasteiger partial charge in [0.1, 0.15) is 0 Å². The van der Waals surface area contributed by atoms with Crippen LogP contribution in [0.1, 0.15) is 39.3 Å². The van der Waals surface area contributed by atoms with Crippen LogP contribution in [0.5, 0.6) is 0 Å². The highest BCUT2D eigenvalue weighted by molar-refractivity contribution is 7.20. The number of imidazole rings is 1. The molecule has 3 heterocycles. The molecule has 2 aromatic rings. The minimum absolute atomic E-state index is 0.0118. The van der Waals surface area contributed by atoms with E-state index in [2.05, 4.69) is 35.8 Å². The quantitative estimate of drug-likeness (QED) is 0.917. The van der Waals surface area contributed by atoms with Gasteiger partial charge in [0, 0.05) is 24.4 Å². The molecule has 1 fully saturated rings. The summed E-state index contributed by atoms with van der Waals surface area (Å²) in [6, 6.07) is 0. The van der Waals surface area contributed by atoms with Gasteiger partial charge in [0.05, 0.1) is 11.9 Å². The van der Waals surface area contributed by atoms with E-state index < -0.39 is 0 Å². The number of amides is 1. The zero-order chi connectivity index (χ0) is 15.2. The zero-order valence-corrected chi connectivity index (χ0v) is 13.5. The Balaban J connectivity index is 1.77. The van der Waals surface area contributed by atoms with Crippen LogP contribution in [0, 0.1) is 5.92 Å². The monoisotopic (exact) mass is 307 g/mol. The summed E-state index contributed by atoms with van der Waals surface area (Å²) in [4.78, 5) is 19.0. The van der Waals surface area contributed by atoms with Crippen LogP contribution in [0.3, 0.4) is 0 Å². The molecule has 2 aromatic heterocycles. The third-order valence-corrected chi connectivity index (χ3v) is 4.95. The van der Waals surface area contributed by atoms with Gasteiger partial charge in [-0.25, -0.2) is 9.50 Å². The van der Waals surface area contributed by atoms with Crippen molar-refractivity contribution in [1.29, 1.82) is 0 Å². The van der Waals surface area contributed by atoms with Gasteiger partial charge in [-0.3, -0.25) is 4.79 Å². The molecule has 0 saturated carbocycles. The molecular formula is C14H21N5OS. The van der Waals surface area contributed by atoms with E-state index in [1.54, 1.807) is 11.3 Å². The van der Waals surface area contributed by atoms with E-state index in [0.717, 1.165) is 41.7 Å². The Morgan fingerprint density at radius 2 is 2.05 bits per heavy atom. The van der Waals surface area contributed by atoms with Gasteiger partial charge in [0.2, 0.25) is 16.0 Å². The molecule has 3 rings (SSSR count). The fraction of sp³-hybridized carbons (Fsp3) is 0.643. The van der Waals surface area contributed by atoms with E-state index in [9.17, 15) is 4.79 Å². The smallest absolute Gasteiger partial charge is 0.220 e. The van der Waals surface area contributed by atoms with Crippen LogP contribution in [0.4, 0.5) is 5.13 Å². The zero-order valence-electron chi connectivity index (χ0n) is 12.7. The van der Waals surface area contributed by atoms with Crippen molar-refractivity contribution in [3.05, 3.63) is 11.9 Å². The maximum atomic E-state index is 11.2. The summed E-state index contributed by atoms with van der Waals surface area (Å²) in [5.41, 5.74) is 6.46. The molecule has 6 nitrogen and oxygen atoms in total. The van der Waals surface area contributed by atoms with E-state index in [1.807, 2.05) is 10.7 Å². The first-order valence-electron chi connectivity index (χ1n) is 7.25. The predicted molar refractivity (Wildman–Crippen MR) is 83.7 cm³/mol. The molecule has 21 heavy (non-hydrogen) atoms. The second-order valence-electron chi connectivity index (χ2n) is 6.65. The van der Waals surface area contributed by atoms with Crippen molar-refractivity contribution in [3.63, 3.8) is 0 Å². The molecular weight excluding hydrogens is 286 g/mol. The standard InChI is InChI=1S/C14H21N5OS/c1-14(2,3)10-8-19-12(16-10)21-13(17-19)18-6-4-9(5-7-18)11(15)20/h8-9H,4-7H2,1-3H3,(H2,15,20). The maximum Gasteiger partial charge on any atom is 0.220 e. The summed E-state index contributed by atoms with van der Waals surface area (Å²) in [5, 5.41) is 5.60. The average molecular weight is 307 g/mol. The number of hydrogen-bond acceptors (Lipinski definition) is 5. The topological polar surface area (TPSA) is 76.5 Å². The Labute approximate surface area is 128 Å². The van der Waals surface area contributed by atoms with Crippen LogP contribution >= 0.6 is 11.3 Å². The summed E-state index contributed by atoms with van der Waals surface area (Å²) < 4.78 is 1.86. The van der Waals surface area contributed by atoms with Crippen molar-refractivity contribution in [1.82, 2.24) is 14.6 Å². The molecule has 0 spiro atoms. The van der Waals surface area contributed by atoms with Gasteiger partial charge in [-0.15, -0.1) is 5.10 Å². The molecule has 0 aromatic carbocycles. The number of carbonyl (C=O) groups excluding carboxylic acids is 1. The highest BCUT2D eigenvalue weighted by Gasteiger charge is 2.26. The van der Waals surface area contributed by atoms with Crippen LogP contribution in [-0.2, 0) is 10.2 Å². The van der Waals surface area contributed by atoms with Gasteiger partial charge in [-0.2, -0.15) is 0 Å². The van der Waals surface area contributed by atoms with Crippen LogP contribution in [0.2, 0.25) is 0 Å². The van der Waals surface area contributed by atoms with Crippen molar-refractivity contribution in [2.75, 3.05) is 18.0 Å². The van der Waals surface area contributed by atoms with Gasteiger partial charge in [-0.05, 0) is 12.8 Å². The summed E-state index contributed by atoms with van der Waals surface area (Å²) in [7, 11) is 0. The first kappa shape index (κ1) is 14.3. The molecule has 1 amide bonds. The largest absolute Gasteiger partial charge is 0.369 e. The van der Waals surface area contributed by atoms with Gasteiger partial charge >= 0.3 is 0 Å². The molecule has 7 heteroatoms. The van der Waals surface area contributed by atoms with Gasteiger partial charge < -0.3 is 10.6 Å². The van der Waals surface area contributed by atoms with E-state index in [1.165, 1.54) is 0 Å². The molecule has 0 atom stereocenters. The third-order valence-electron chi connectivity index (χ3n) is 3.97. The Morgan fingerprint density at radius 1 is 1.38 bits per heavy atom. The maximum absolute atomic E-state index is 11.2. The Kier molecular flexibility index (Phi) is 3.39. The molecule has 114 valence electrons. The van der Waals surface area contributed by atoms with Gasteiger partial charge in [0.25, 0.3) is 0 Å². The number of nitrogens with zero attached hydrogens (tertiary/aromatic N) is 4. The number of carbonyl (C=O) groups is 1. The second kappa shape index (κ2) is 4.98. The van der Waals surface area contributed by atoms with E-state index in [-0.39, 0.29) is 17.2 Å². The van der Waals surface area contributed by atoms with Gasteiger partial charge in [0.15, 0.2) is 0 Å². The average Bonchev–Trinajstić information content (AvgIpc) is 2.96. The van der Waals surface area contributed by atoms with Crippen LogP contribution in [-0.4, -0.2) is 33.6 Å². The fourth-order valence-electron chi connectivity index (χ4n) is 2.53. The molecule has 0 radical (unpaired) electrons. The number of piperidine rings is 1. The molecule has 0 bridgehead atoms. The van der Waals surface area contributed by atoms with E-state index >= 15 is 0 Å². The van der Waals surface area contributed by atoms with Crippen LogP contribution in [0.25, 0.3) is 4.96 Å². The highest BCUT2D eigenvalue weighted by atomic mass is 32.1. The lowest BCUT2D eigenvalue weighted by molar-refractivity contribution is -0.122. The summed E-state index contributed by atoms with van der Waals surface area (Å²) in [5.74, 6) is -0.170.